The minimum Gasteiger partial charge on any atom is -0.208 e. The van der Waals surface area contributed by atoms with Crippen LogP contribution in [-0.2, 0) is 10.0 Å². The van der Waals surface area contributed by atoms with Crippen LogP contribution in [0.4, 0.5) is 0 Å². The quantitative estimate of drug-likeness (QED) is 0.904. The predicted octanol–water partition coefficient (Wildman–Crippen LogP) is 3.57. The number of sulfonamides is 1. The van der Waals surface area contributed by atoms with Crippen molar-refractivity contribution in [2.45, 2.75) is 37.1 Å². The van der Waals surface area contributed by atoms with Crippen molar-refractivity contribution in [3.05, 3.63) is 27.7 Å². The molecule has 1 aromatic carbocycles. The summed E-state index contributed by atoms with van der Waals surface area (Å²) in [6.45, 7) is 2.07. The van der Waals surface area contributed by atoms with E-state index in [1.165, 1.54) is 6.07 Å². The molecule has 0 spiro atoms. The number of hydrogen-bond donors (Lipinski definition) is 1. The minimum atomic E-state index is -3.53. The Morgan fingerprint density at radius 1 is 1.39 bits per heavy atom. The Balaban J connectivity index is 2.25. The van der Waals surface area contributed by atoms with Gasteiger partial charge >= 0.3 is 0 Å². The average Bonchev–Trinajstić information content (AvgIpc) is 2.63. The molecule has 1 N–H and O–H groups in total. The molecule has 0 radical (unpaired) electrons. The van der Waals surface area contributed by atoms with Gasteiger partial charge in [0.1, 0.15) is 4.90 Å². The summed E-state index contributed by atoms with van der Waals surface area (Å²) in [7, 11) is -3.53. The number of hydrogen-bond acceptors (Lipinski definition) is 2. The molecule has 2 rings (SSSR count). The zero-order valence-electron chi connectivity index (χ0n) is 9.99. The fourth-order valence-corrected chi connectivity index (χ4v) is 4.69. The maximum atomic E-state index is 12.3. The van der Waals surface area contributed by atoms with Crippen LogP contribution in [0.15, 0.2) is 27.6 Å². The van der Waals surface area contributed by atoms with E-state index in [9.17, 15) is 8.42 Å². The maximum Gasteiger partial charge on any atom is 0.242 e. The van der Waals surface area contributed by atoms with Gasteiger partial charge < -0.3 is 0 Å². The lowest BCUT2D eigenvalue weighted by atomic mass is 10.1. The van der Waals surface area contributed by atoms with Crippen LogP contribution in [0.25, 0.3) is 0 Å². The van der Waals surface area contributed by atoms with Crippen LogP contribution < -0.4 is 4.72 Å². The summed E-state index contributed by atoms with van der Waals surface area (Å²) in [5.74, 6) is 0.383. The first-order chi connectivity index (χ1) is 8.40. The van der Waals surface area contributed by atoms with Gasteiger partial charge in [-0.25, -0.2) is 13.1 Å². The van der Waals surface area contributed by atoms with E-state index in [1.807, 2.05) is 0 Å². The van der Waals surface area contributed by atoms with Gasteiger partial charge in [-0.1, -0.05) is 40.9 Å². The molecule has 1 aliphatic rings. The van der Waals surface area contributed by atoms with Gasteiger partial charge in [-0.2, -0.15) is 0 Å². The summed E-state index contributed by atoms with van der Waals surface area (Å²) in [6.07, 6.45) is 3.04. The molecule has 1 fully saturated rings. The van der Waals surface area contributed by atoms with Crippen molar-refractivity contribution in [3.8, 4) is 0 Å². The summed E-state index contributed by atoms with van der Waals surface area (Å²) in [6, 6.07) is 4.82. The molecular weight excluding hydrogens is 338 g/mol. The third-order valence-corrected chi connectivity index (χ3v) is 5.82. The van der Waals surface area contributed by atoms with Crippen molar-refractivity contribution in [1.29, 1.82) is 0 Å². The highest BCUT2D eigenvalue weighted by Gasteiger charge is 2.29. The van der Waals surface area contributed by atoms with E-state index in [2.05, 4.69) is 27.6 Å². The summed E-state index contributed by atoms with van der Waals surface area (Å²) >= 11 is 9.25. The molecule has 0 saturated heterocycles. The lowest BCUT2D eigenvalue weighted by Gasteiger charge is -2.17. The molecule has 1 aromatic rings. The van der Waals surface area contributed by atoms with Crippen LogP contribution in [-0.4, -0.2) is 14.5 Å². The van der Waals surface area contributed by atoms with E-state index in [0.29, 0.717) is 5.92 Å². The molecule has 0 heterocycles. The molecule has 100 valence electrons. The van der Waals surface area contributed by atoms with E-state index in [-0.39, 0.29) is 16.0 Å². The van der Waals surface area contributed by atoms with Gasteiger partial charge in [0.25, 0.3) is 0 Å². The first-order valence-electron chi connectivity index (χ1n) is 5.87. The second-order valence-electron chi connectivity index (χ2n) is 4.71. The lowest BCUT2D eigenvalue weighted by Crippen LogP contribution is -2.36. The summed E-state index contributed by atoms with van der Waals surface area (Å²) < 4.78 is 28.0. The largest absolute Gasteiger partial charge is 0.242 e. The second kappa shape index (κ2) is 5.49. The van der Waals surface area contributed by atoms with E-state index in [0.717, 1.165) is 23.7 Å². The standard InChI is InChI=1S/C12H15BrClNO2S/c1-8-3-2-4-11(8)15-18(16,17)12-6-5-9(13)7-10(12)14/h5-8,11,15H,2-4H2,1H3. The molecule has 0 amide bonds. The van der Waals surface area contributed by atoms with Crippen molar-refractivity contribution in [1.82, 2.24) is 4.72 Å². The number of benzene rings is 1. The third kappa shape index (κ3) is 3.07. The van der Waals surface area contributed by atoms with Crippen LogP contribution in [0.2, 0.25) is 5.02 Å². The molecule has 1 saturated carbocycles. The van der Waals surface area contributed by atoms with Gasteiger partial charge in [0.15, 0.2) is 0 Å². The van der Waals surface area contributed by atoms with E-state index < -0.39 is 10.0 Å². The van der Waals surface area contributed by atoms with Gasteiger partial charge in [-0.15, -0.1) is 0 Å². The number of halogens is 2. The Morgan fingerprint density at radius 3 is 2.67 bits per heavy atom. The molecule has 0 bridgehead atoms. The number of nitrogens with one attached hydrogen (secondary N) is 1. The summed E-state index contributed by atoms with van der Waals surface area (Å²) in [4.78, 5) is 0.145. The average molecular weight is 353 g/mol. The fourth-order valence-electron chi connectivity index (χ4n) is 2.28. The van der Waals surface area contributed by atoms with Crippen LogP contribution >= 0.6 is 27.5 Å². The van der Waals surface area contributed by atoms with Crippen molar-refractivity contribution >= 4 is 37.6 Å². The first-order valence-corrected chi connectivity index (χ1v) is 8.53. The Bertz CT molecular complexity index is 547. The highest BCUT2D eigenvalue weighted by Crippen LogP contribution is 2.29. The molecule has 2 atom stereocenters. The highest BCUT2D eigenvalue weighted by molar-refractivity contribution is 9.10. The topological polar surface area (TPSA) is 46.2 Å². The zero-order chi connectivity index (χ0) is 13.3. The van der Waals surface area contributed by atoms with E-state index in [4.69, 9.17) is 11.6 Å². The van der Waals surface area contributed by atoms with Gasteiger partial charge in [-0.05, 0) is 37.0 Å². The number of rotatable bonds is 3. The summed E-state index contributed by atoms with van der Waals surface area (Å²) in [5, 5.41) is 0.238. The Morgan fingerprint density at radius 2 is 2.11 bits per heavy atom. The van der Waals surface area contributed by atoms with Crippen molar-refractivity contribution in [2.75, 3.05) is 0 Å². The molecule has 2 unspecified atom stereocenters. The molecule has 3 nitrogen and oxygen atoms in total. The smallest absolute Gasteiger partial charge is 0.208 e. The Kier molecular flexibility index (Phi) is 4.36. The van der Waals surface area contributed by atoms with E-state index >= 15 is 0 Å². The van der Waals surface area contributed by atoms with Gasteiger partial charge in [-0.3, -0.25) is 0 Å². The van der Waals surface area contributed by atoms with E-state index in [1.54, 1.807) is 12.1 Å². The Labute approximate surface area is 121 Å². The normalized spacial score (nSPS) is 24.4. The van der Waals surface area contributed by atoms with Gasteiger partial charge in [0.05, 0.1) is 5.02 Å². The van der Waals surface area contributed by atoms with Crippen LogP contribution in [0.1, 0.15) is 26.2 Å². The molecule has 6 heteroatoms. The predicted molar refractivity (Wildman–Crippen MR) is 76.3 cm³/mol. The maximum absolute atomic E-state index is 12.3. The monoisotopic (exact) mass is 351 g/mol. The Hall–Kier alpha value is -0.100. The molecule has 18 heavy (non-hydrogen) atoms. The van der Waals surface area contributed by atoms with Crippen molar-refractivity contribution < 1.29 is 8.42 Å². The minimum absolute atomic E-state index is 0.0229. The second-order valence-corrected chi connectivity index (χ2v) is 7.72. The van der Waals surface area contributed by atoms with Crippen molar-refractivity contribution in [2.24, 2.45) is 5.92 Å². The first kappa shape index (κ1) is 14.3. The molecular formula is C12H15BrClNO2S. The van der Waals surface area contributed by atoms with Crippen LogP contribution in [0.5, 0.6) is 0 Å². The molecule has 0 aliphatic heterocycles. The fraction of sp³-hybridized carbons (Fsp3) is 0.500. The highest BCUT2D eigenvalue weighted by atomic mass is 79.9. The van der Waals surface area contributed by atoms with Gasteiger partial charge in [0, 0.05) is 10.5 Å². The lowest BCUT2D eigenvalue weighted by molar-refractivity contribution is 0.476. The summed E-state index contributed by atoms with van der Waals surface area (Å²) in [5.41, 5.74) is 0. The molecule has 0 aromatic heterocycles. The van der Waals surface area contributed by atoms with Crippen molar-refractivity contribution in [3.63, 3.8) is 0 Å². The molecule has 1 aliphatic carbocycles. The van der Waals surface area contributed by atoms with Gasteiger partial charge in [0.2, 0.25) is 10.0 Å². The van der Waals surface area contributed by atoms with Crippen LogP contribution in [0.3, 0.4) is 0 Å². The zero-order valence-corrected chi connectivity index (χ0v) is 13.1. The third-order valence-electron chi connectivity index (χ3n) is 3.35. The van der Waals surface area contributed by atoms with Crippen LogP contribution in [0, 0.1) is 5.92 Å². The SMILES string of the molecule is CC1CCCC1NS(=O)(=O)c1ccc(Br)cc1Cl.